The van der Waals surface area contributed by atoms with Crippen LogP contribution in [-0.2, 0) is 16.0 Å². The average Bonchev–Trinajstić information content (AvgIpc) is 3.44. The maximum Gasteiger partial charge on any atom is 0.341 e. The van der Waals surface area contributed by atoms with E-state index in [4.69, 9.17) is 23.7 Å². The number of ether oxygens (including phenoxy) is 5. The second kappa shape index (κ2) is 13.3. The summed E-state index contributed by atoms with van der Waals surface area (Å²) in [6, 6.07) is 18.1. The summed E-state index contributed by atoms with van der Waals surface area (Å²) in [5.74, 6) is 0.428. The number of aromatic hydroxyl groups is 1. The van der Waals surface area contributed by atoms with Crippen molar-refractivity contribution in [2.45, 2.75) is 19.1 Å². The maximum atomic E-state index is 13.4. The molecule has 9 heteroatoms. The summed E-state index contributed by atoms with van der Waals surface area (Å²) in [5.41, 5.74) is 1.97. The van der Waals surface area contributed by atoms with Crippen molar-refractivity contribution in [1.29, 1.82) is 0 Å². The number of nitrogens with zero attached hydrogens (tertiary/aromatic N) is 1. The minimum atomic E-state index is -0.701. The Morgan fingerprint density at radius 2 is 1.62 bits per heavy atom. The van der Waals surface area contributed by atoms with Gasteiger partial charge in [0.2, 0.25) is 5.75 Å². The summed E-state index contributed by atoms with van der Waals surface area (Å²) in [6.45, 7) is 1.67. The van der Waals surface area contributed by atoms with Crippen LogP contribution in [0.5, 0.6) is 23.0 Å². The van der Waals surface area contributed by atoms with E-state index >= 15 is 0 Å². The number of carbonyl (C=O) groups is 2. The molecule has 0 radical (unpaired) electrons. The molecule has 1 N–H and O–H groups in total. The van der Waals surface area contributed by atoms with E-state index in [0.717, 1.165) is 11.1 Å². The van der Waals surface area contributed by atoms with E-state index in [1.807, 2.05) is 47.4 Å². The first-order valence-corrected chi connectivity index (χ1v) is 13.0. The Hall–Kier alpha value is -4.08. The van der Waals surface area contributed by atoms with Crippen LogP contribution in [0.4, 0.5) is 0 Å². The number of methoxy groups -OCH3 is 4. The first kappa shape index (κ1) is 28.9. The second-order valence-corrected chi connectivity index (χ2v) is 9.62. The smallest absolute Gasteiger partial charge is 0.341 e. The molecule has 212 valence electrons. The lowest BCUT2D eigenvalue weighted by molar-refractivity contribution is 0.0597. The van der Waals surface area contributed by atoms with E-state index in [1.54, 1.807) is 27.4 Å². The molecule has 0 aromatic heterocycles. The van der Waals surface area contributed by atoms with Crippen molar-refractivity contribution < 1.29 is 38.4 Å². The molecule has 1 aliphatic heterocycles. The summed E-state index contributed by atoms with van der Waals surface area (Å²) in [5, 5.41) is 10.6. The fourth-order valence-electron chi connectivity index (χ4n) is 5.14. The van der Waals surface area contributed by atoms with Crippen molar-refractivity contribution in [3.63, 3.8) is 0 Å². The van der Waals surface area contributed by atoms with Gasteiger partial charge in [-0.05, 0) is 42.2 Å². The molecule has 1 fully saturated rings. The van der Waals surface area contributed by atoms with Gasteiger partial charge in [0, 0.05) is 18.7 Å². The molecule has 0 saturated carbocycles. The second-order valence-electron chi connectivity index (χ2n) is 9.62. The zero-order chi connectivity index (χ0) is 28.6. The van der Waals surface area contributed by atoms with E-state index in [0.29, 0.717) is 43.4 Å². The Kier molecular flexibility index (Phi) is 9.63. The van der Waals surface area contributed by atoms with Gasteiger partial charge in [-0.15, -0.1) is 0 Å². The largest absolute Gasteiger partial charge is 0.506 e. The standard InChI is InChI=1S/C31H35NO8/c1-36-26-14-13-23(29(37-2)30(26)38-3)27-15-21(19-40-27)17-32(16-20-9-6-5-7-10-20)18-25(33)22-11-8-12-24(28(22)34)31(35)39-4/h5-14,21,27,34H,15-19H2,1-4H3. The highest BCUT2D eigenvalue weighted by Crippen LogP contribution is 2.46. The molecule has 0 spiro atoms. The quantitative estimate of drug-likeness (QED) is 0.255. The third kappa shape index (κ3) is 6.38. The monoisotopic (exact) mass is 549 g/mol. The highest BCUT2D eigenvalue weighted by molar-refractivity contribution is 6.04. The molecule has 2 atom stereocenters. The van der Waals surface area contributed by atoms with Gasteiger partial charge in [-0.3, -0.25) is 9.69 Å². The highest BCUT2D eigenvalue weighted by Gasteiger charge is 2.32. The number of carbonyl (C=O) groups excluding carboxylic acids is 2. The van der Waals surface area contributed by atoms with Crippen molar-refractivity contribution in [3.05, 3.63) is 82.9 Å². The number of para-hydroxylation sites is 1. The number of benzene rings is 3. The Labute approximate surface area is 234 Å². The predicted molar refractivity (Wildman–Crippen MR) is 148 cm³/mol. The van der Waals surface area contributed by atoms with Gasteiger partial charge in [0.15, 0.2) is 17.3 Å². The molecule has 1 aliphatic rings. The van der Waals surface area contributed by atoms with Crippen LogP contribution in [-0.4, -0.2) is 69.9 Å². The number of esters is 1. The molecule has 1 saturated heterocycles. The van der Waals surface area contributed by atoms with Gasteiger partial charge < -0.3 is 28.8 Å². The summed E-state index contributed by atoms with van der Waals surface area (Å²) in [7, 11) is 5.96. The molecule has 4 rings (SSSR count). The first-order valence-electron chi connectivity index (χ1n) is 13.0. The first-order chi connectivity index (χ1) is 19.4. The van der Waals surface area contributed by atoms with Crippen LogP contribution >= 0.6 is 0 Å². The van der Waals surface area contributed by atoms with Crippen LogP contribution in [0.3, 0.4) is 0 Å². The van der Waals surface area contributed by atoms with Crippen LogP contribution in [0.25, 0.3) is 0 Å². The summed E-state index contributed by atoms with van der Waals surface area (Å²) in [4.78, 5) is 27.5. The fraction of sp³-hybridized carbons (Fsp3) is 0.355. The lowest BCUT2D eigenvalue weighted by atomic mass is 9.98. The molecular formula is C31H35NO8. The molecule has 0 bridgehead atoms. The van der Waals surface area contributed by atoms with Crippen LogP contribution in [0, 0.1) is 5.92 Å². The lowest BCUT2D eigenvalue weighted by Crippen LogP contribution is -2.34. The van der Waals surface area contributed by atoms with E-state index < -0.39 is 5.97 Å². The summed E-state index contributed by atoms with van der Waals surface area (Å²) in [6.07, 6.45) is 0.504. The van der Waals surface area contributed by atoms with Crippen molar-refractivity contribution in [1.82, 2.24) is 4.90 Å². The van der Waals surface area contributed by atoms with Crippen molar-refractivity contribution >= 4 is 11.8 Å². The Morgan fingerprint density at radius 1 is 0.900 bits per heavy atom. The molecule has 3 aromatic carbocycles. The van der Waals surface area contributed by atoms with Crippen molar-refractivity contribution in [2.75, 3.05) is 48.1 Å². The van der Waals surface area contributed by atoms with Crippen LogP contribution < -0.4 is 14.2 Å². The Morgan fingerprint density at radius 3 is 2.30 bits per heavy atom. The maximum absolute atomic E-state index is 13.4. The van der Waals surface area contributed by atoms with Gasteiger partial charge in [0.25, 0.3) is 0 Å². The van der Waals surface area contributed by atoms with Gasteiger partial charge >= 0.3 is 5.97 Å². The van der Waals surface area contributed by atoms with E-state index in [-0.39, 0.29) is 41.2 Å². The normalized spacial score (nSPS) is 16.5. The van der Waals surface area contributed by atoms with Gasteiger partial charge in [0.05, 0.1) is 53.3 Å². The molecule has 1 heterocycles. The molecule has 0 amide bonds. The topological polar surface area (TPSA) is 104 Å². The van der Waals surface area contributed by atoms with E-state index in [9.17, 15) is 14.7 Å². The number of Topliss-reactive ketones (excluding diaryl/α,β-unsaturated/α-hetero) is 1. The van der Waals surface area contributed by atoms with Crippen molar-refractivity contribution in [2.24, 2.45) is 5.92 Å². The number of rotatable bonds is 12. The lowest BCUT2D eigenvalue weighted by Gasteiger charge is -2.25. The fourth-order valence-corrected chi connectivity index (χ4v) is 5.14. The van der Waals surface area contributed by atoms with Gasteiger partial charge in [-0.1, -0.05) is 36.4 Å². The number of ketones is 1. The number of phenols is 1. The molecule has 0 aliphatic carbocycles. The van der Waals surface area contributed by atoms with Gasteiger partial charge in [-0.25, -0.2) is 4.79 Å². The Bertz CT molecular complexity index is 1330. The van der Waals surface area contributed by atoms with Crippen LogP contribution in [0.1, 0.15) is 44.4 Å². The molecule has 9 nitrogen and oxygen atoms in total. The summed E-state index contributed by atoms with van der Waals surface area (Å²) < 4.78 is 27.6. The zero-order valence-corrected chi connectivity index (χ0v) is 23.2. The average molecular weight is 550 g/mol. The minimum absolute atomic E-state index is 0.0427. The van der Waals surface area contributed by atoms with Crippen molar-refractivity contribution in [3.8, 4) is 23.0 Å². The third-order valence-electron chi connectivity index (χ3n) is 7.04. The van der Waals surface area contributed by atoms with Crippen LogP contribution in [0.15, 0.2) is 60.7 Å². The van der Waals surface area contributed by atoms with Gasteiger partial charge in [0.1, 0.15) is 11.3 Å². The molecule has 40 heavy (non-hydrogen) atoms. The predicted octanol–water partition coefficient (Wildman–Crippen LogP) is 4.67. The number of hydrogen-bond donors (Lipinski definition) is 1. The molecule has 2 unspecified atom stereocenters. The number of hydrogen-bond acceptors (Lipinski definition) is 9. The SMILES string of the molecule is COC(=O)c1cccc(C(=O)CN(Cc2ccccc2)CC2COC(c3ccc(OC)c(OC)c3OC)C2)c1O. The van der Waals surface area contributed by atoms with E-state index in [2.05, 4.69) is 0 Å². The summed E-state index contributed by atoms with van der Waals surface area (Å²) >= 11 is 0. The number of phenolic OH excluding ortho intramolecular Hbond substituents is 1. The highest BCUT2D eigenvalue weighted by atomic mass is 16.5. The minimum Gasteiger partial charge on any atom is -0.506 e. The Balaban J connectivity index is 1.53. The third-order valence-corrected chi connectivity index (χ3v) is 7.04. The zero-order valence-electron chi connectivity index (χ0n) is 23.2. The van der Waals surface area contributed by atoms with Gasteiger partial charge in [-0.2, -0.15) is 0 Å². The van der Waals surface area contributed by atoms with E-state index in [1.165, 1.54) is 19.2 Å². The van der Waals surface area contributed by atoms with Crippen LogP contribution in [0.2, 0.25) is 0 Å². The molecule has 3 aromatic rings. The molecular weight excluding hydrogens is 514 g/mol.